The summed E-state index contributed by atoms with van der Waals surface area (Å²) in [4.78, 5) is 1.12. The highest BCUT2D eigenvalue weighted by Gasteiger charge is 2.19. The average molecular weight is 332 g/mol. The zero-order valence-electron chi connectivity index (χ0n) is 9.21. The van der Waals surface area contributed by atoms with Crippen molar-refractivity contribution < 1.29 is 0 Å². The Morgan fingerprint density at radius 1 is 1.41 bits per heavy atom. The first-order chi connectivity index (χ1) is 8.13. The standard InChI is InChI=1S/C12H12BrClN2S/c1-7-2-3-8(10(14)6-7)11(16-15)12-9(13)4-5-17-12/h2-6,11,16H,15H2,1H3. The van der Waals surface area contributed by atoms with Gasteiger partial charge in [0.25, 0.3) is 0 Å². The molecule has 1 unspecified atom stereocenters. The number of hydrogen-bond acceptors (Lipinski definition) is 3. The van der Waals surface area contributed by atoms with Crippen molar-refractivity contribution in [3.05, 3.63) is 55.1 Å². The molecular formula is C12H12BrClN2S. The minimum Gasteiger partial charge on any atom is -0.271 e. The normalized spacial score (nSPS) is 12.7. The van der Waals surface area contributed by atoms with E-state index < -0.39 is 0 Å². The van der Waals surface area contributed by atoms with Crippen LogP contribution in [-0.4, -0.2) is 0 Å². The lowest BCUT2D eigenvalue weighted by atomic mass is 10.0. The molecule has 2 nitrogen and oxygen atoms in total. The van der Waals surface area contributed by atoms with E-state index in [0.29, 0.717) is 0 Å². The average Bonchev–Trinajstić information content (AvgIpc) is 2.69. The number of nitrogens with one attached hydrogen (secondary N) is 1. The van der Waals surface area contributed by atoms with Crippen molar-refractivity contribution >= 4 is 38.9 Å². The number of rotatable bonds is 3. The Kier molecular flexibility index (Phi) is 4.22. The molecule has 1 heterocycles. The van der Waals surface area contributed by atoms with Gasteiger partial charge in [-0.25, -0.2) is 5.43 Å². The molecule has 5 heteroatoms. The Bertz CT molecular complexity index is 527. The summed E-state index contributed by atoms with van der Waals surface area (Å²) in [6.45, 7) is 2.02. The second-order valence-corrected chi connectivity index (χ2v) is 5.97. The van der Waals surface area contributed by atoms with Gasteiger partial charge >= 0.3 is 0 Å². The lowest BCUT2D eigenvalue weighted by Gasteiger charge is -2.17. The topological polar surface area (TPSA) is 38.0 Å². The van der Waals surface area contributed by atoms with E-state index in [-0.39, 0.29) is 6.04 Å². The molecule has 0 saturated heterocycles. The molecule has 0 amide bonds. The van der Waals surface area contributed by atoms with Gasteiger partial charge in [-0.15, -0.1) is 11.3 Å². The summed E-state index contributed by atoms with van der Waals surface area (Å²) in [5, 5.41) is 2.75. The van der Waals surface area contributed by atoms with Gasteiger partial charge in [-0.05, 0) is 51.5 Å². The highest BCUT2D eigenvalue weighted by Crippen LogP contribution is 2.35. The highest BCUT2D eigenvalue weighted by atomic mass is 79.9. The number of thiophene rings is 1. The van der Waals surface area contributed by atoms with E-state index in [9.17, 15) is 0 Å². The zero-order chi connectivity index (χ0) is 12.4. The number of hydrogen-bond donors (Lipinski definition) is 2. The van der Waals surface area contributed by atoms with Gasteiger partial charge in [-0.2, -0.15) is 0 Å². The summed E-state index contributed by atoms with van der Waals surface area (Å²) in [5.74, 6) is 5.65. The minimum absolute atomic E-state index is 0.0857. The number of halogens is 2. The number of aryl methyl sites for hydroxylation is 1. The highest BCUT2D eigenvalue weighted by molar-refractivity contribution is 9.10. The Morgan fingerprint density at radius 3 is 2.71 bits per heavy atom. The third kappa shape index (κ3) is 2.72. The lowest BCUT2D eigenvalue weighted by molar-refractivity contribution is 0.645. The monoisotopic (exact) mass is 330 g/mol. The number of benzene rings is 1. The van der Waals surface area contributed by atoms with Crippen LogP contribution < -0.4 is 11.3 Å². The van der Waals surface area contributed by atoms with Gasteiger partial charge in [0, 0.05) is 14.4 Å². The Balaban J connectivity index is 2.46. The van der Waals surface area contributed by atoms with Crippen LogP contribution in [0.1, 0.15) is 22.0 Å². The largest absolute Gasteiger partial charge is 0.271 e. The summed E-state index contributed by atoms with van der Waals surface area (Å²) in [6.07, 6.45) is 0. The number of nitrogens with two attached hydrogens (primary N) is 1. The Morgan fingerprint density at radius 2 is 2.18 bits per heavy atom. The van der Waals surface area contributed by atoms with Crippen LogP contribution in [-0.2, 0) is 0 Å². The van der Waals surface area contributed by atoms with Crippen LogP contribution in [0.15, 0.2) is 34.1 Å². The third-order valence-electron chi connectivity index (χ3n) is 2.54. The molecular weight excluding hydrogens is 320 g/mol. The van der Waals surface area contributed by atoms with Crippen LogP contribution in [0, 0.1) is 6.92 Å². The van der Waals surface area contributed by atoms with Crippen molar-refractivity contribution in [2.45, 2.75) is 13.0 Å². The molecule has 0 aliphatic heterocycles. The molecule has 1 aromatic heterocycles. The zero-order valence-corrected chi connectivity index (χ0v) is 12.4. The molecule has 1 atom stereocenters. The van der Waals surface area contributed by atoms with Crippen molar-refractivity contribution in [2.24, 2.45) is 5.84 Å². The van der Waals surface area contributed by atoms with Gasteiger partial charge in [0.15, 0.2) is 0 Å². The molecule has 17 heavy (non-hydrogen) atoms. The van der Waals surface area contributed by atoms with Crippen LogP contribution >= 0.6 is 38.9 Å². The van der Waals surface area contributed by atoms with Gasteiger partial charge in [-0.3, -0.25) is 5.84 Å². The minimum atomic E-state index is -0.0857. The summed E-state index contributed by atoms with van der Waals surface area (Å²) in [7, 11) is 0. The first-order valence-electron chi connectivity index (χ1n) is 5.08. The first kappa shape index (κ1) is 13.1. The van der Waals surface area contributed by atoms with E-state index in [2.05, 4.69) is 21.4 Å². The fraction of sp³-hybridized carbons (Fsp3) is 0.167. The van der Waals surface area contributed by atoms with Crippen molar-refractivity contribution in [3.8, 4) is 0 Å². The molecule has 2 rings (SSSR count). The predicted octanol–water partition coefficient (Wildman–Crippen LogP) is 4.03. The molecule has 0 aliphatic carbocycles. The van der Waals surface area contributed by atoms with Crippen molar-refractivity contribution in [1.82, 2.24) is 5.43 Å². The van der Waals surface area contributed by atoms with Crippen LogP contribution in [0.4, 0.5) is 0 Å². The van der Waals surface area contributed by atoms with Crippen molar-refractivity contribution in [1.29, 1.82) is 0 Å². The SMILES string of the molecule is Cc1ccc(C(NN)c2sccc2Br)c(Cl)c1. The second-order valence-electron chi connectivity index (χ2n) is 3.76. The van der Waals surface area contributed by atoms with Crippen LogP contribution in [0.5, 0.6) is 0 Å². The molecule has 0 spiro atoms. The molecule has 90 valence electrons. The molecule has 0 saturated carbocycles. The quantitative estimate of drug-likeness (QED) is 0.658. The number of hydrazine groups is 1. The first-order valence-corrected chi connectivity index (χ1v) is 7.13. The molecule has 2 aromatic rings. The van der Waals surface area contributed by atoms with E-state index in [1.165, 1.54) is 0 Å². The molecule has 1 aromatic carbocycles. The van der Waals surface area contributed by atoms with E-state index in [1.807, 2.05) is 36.6 Å². The maximum absolute atomic E-state index is 6.27. The van der Waals surface area contributed by atoms with Gasteiger partial charge < -0.3 is 0 Å². The van der Waals surface area contributed by atoms with Crippen LogP contribution in [0.25, 0.3) is 0 Å². The summed E-state index contributed by atoms with van der Waals surface area (Å²) in [6, 6.07) is 7.91. The molecule has 0 fully saturated rings. The summed E-state index contributed by atoms with van der Waals surface area (Å²) >= 11 is 11.4. The summed E-state index contributed by atoms with van der Waals surface area (Å²) < 4.78 is 1.04. The second kappa shape index (κ2) is 5.50. The van der Waals surface area contributed by atoms with E-state index in [0.717, 1.165) is 25.5 Å². The van der Waals surface area contributed by atoms with Gasteiger partial charge in [0.2, 0.25) is 0 Å². The molecule has 0 aliphatic rings. The van der Waals surface area contributed by atoms with Gasteiger partial charge in [0.1, 0.15) is 0 Å². The molecule has 0 bridgehead atoms. The predicted molar refractivity (Wildman–Crippen MR) is 77.4 cm³/mol. The van der Waals surface area contributed by atoms with Gasteiger partial charge in [0.05, 0.1) is 6.04 Å². The Hall–Kier alpha value is -0.390. The van der Waals surface area contributed by atoms with E-state index in [1.54, 1.807) is 11.3 Å². The Labute approximate surface area is 118 Å². The molecule has 3 N–H and O–H groups in total. The van der Waals surface area contributed by atoms with E-state index in [4.69, 9.17) is 17.4 Å². The van der Waals surface area contributed by atoms with Gasteiger partial charge in [-0.1, -0.05) is 23.7 Å². The lowest BCUT2D eigenvalue weighted by Crippen LogP contribution is -2.28. The van der Waals surface area contributed by atoms with E-state index >= 15 is 0 Å². The molecule has 0 radical (unpaired) electrons. The summed E-state index contributed by atoms with van der Waals surface area (Å²) in [5.41, 5.74) is 4.95. The maximum Gasteiger partial charge on any atom is 0.0828 e. The van der Waals surface area contributed by atoms with Crippen LogP contribution in [0.3, 0.4) is 0 Å². The maximum atomic E-state index is 6.27. The van der Waals surface area contributed by atoms with Crippen LogP contribution in [0.2, 0.25) is 5.02 Å². The fourth-order valence-corrected chi connectivity index (χ4v) is 3.71. The van der Waals surface area contributed by atoms with Crippen molar-refractivity contribution in [2.75, 3.05) is 0 Å². The smallest absolute Gasteiger partial charge is 0.0828 e. The van der Waals surface area contributed by atoms with Crippen molar-refractivity contribution in [3.63, 3.8) is 0 Å². The fourth-order valence-electron chi connectivity index (χ4n) is 1.68. The third-order valence-corrected chi connectivity index (χ3v) is 4.80.